The van der Waals surface area contributed by atoms with Gasteiger partial charge in [0.25, 0.3) is 0 Å². The van der Waals surface area contributed by atoms with E-state index in [2.05, 4.69) is 24.0 Å². The highest BCUT2D eigenvalue weighted by Crippen LogP contribution is 2.18. The van der Waals surface area contributed by atoms with Gasteiger partial charge in [-0.1, -0.05) is 6.92 Å². The summed E-state index contributed by atoms with van der Waals surface area (Å²) in [5.41, 5.74) is 0. The molecule has 54 valence electrons. The first-order valence-electron chi connectivity index (χ1n) is 3.76. The molecule has 0 aliphatic carbocycles. The Morgan fingerprint density at radius 2 is 2.11 bits per heavy atom. The Morgan fingerprint density at radius 1 is 1.44 bits per heavy atom. The van der Waals surface area contributed by atoms with Crippen molar-refractivity contribution < 1.29 is 0 Å². The first kappa shape index (κ1) is 7.42. The molecule has 1 aliphatic rings. The maximum absolute atomic E-state index is 3.36. The van der Waals surface area contributed by atoms with E-state index < -0.39 is 0 Å². The van der Waals surface area contributed by atoms with E-state index >= 15 is 0 Å². The van der Waals surface area contributed by atoms with Crippen molar-refractivity contribution in [1.29, 1.82) is 0 Å². The summed E-state index contributed by atoms with van der Waals surface area (Å²) < 4.78 is 0. The number of piperidine rings is 1. The second-order valence-electron chi connectivity index (χ2n) is 2.40. The van der Waals surface area contributed by atoms with Crippen LogP contribution in [-0.2, 0) is 0 Å². The van der Waals surface area contributed by atoms with Crippen LogP contribution in [0.3, 0.4) is 0 Å². The van der Waals surface area contributed by atoms with Crippen molar-refractivity contribution in [1.82, 2.24) is 5.32 Å². The average molecular weight is 145 g/mol. The summed E-state index contributed by atoms with van der Waals surface area (Å²) in [6.07, 6.45) is 2.75. The molecule has 0 spiro atoms. The van der Waals surface area contributed by atoms with Crippen LogP contribution < -0.4 is 5.32 Å². The number of hydrogen-bond acceptors (Lipinski definition) is 2. The lowest BCUT2D eigenvalue weighted by molar-refractivity contribution is 0.532. The van der Waals surface area contributed by atoms with Gasteiger partial charge in [0.05, 0.1) is 0 Å². The van der Waals surface area contributed by atoms with Crippen LogP contribution in [0.15, 0.2) is 0 Å². The van der Waals surface area contributed by atoms with Gasteiger partial charge in [-0.3, -0.25) is 0 Å². The molecule has 0 unspecified atom stereocenters. The first-order valence-corrected chi connectivity index (χ1v) is 4.80. The molecule has 1 rings (SSSR count). The van der Waals surface area contributed by atoms with Gasteiger partial charge < -0.3 is 5.32 Å². The third kappa shape index (κ3) is 2.59. The van der Waals surface area contributed by atoms with Crippen molar-refractivity contribution in [3.63, 3.8) is 0 Å². The molecule has 1 saturated heterocycles. The summed E-state index contributed by atoms with van der Waals surface area (Å²) in [4.78, 5) is 0. The Hall–Kier alpha value is 0.310. The molecule has 0 radical (unpaired) electrons. The quantitative estimate of drug-likeness (QED) is 0.632. The fourth-order valence-corrected chi connectivity index (χ4v) is 2.24. The van der Waals surface area contributed by atoms with Gasteiger partial charge in [0.1, 0.15) is 0 Å². The molecule has 1 nitrogen and oxygen atoms in total. The molecule has 0 bridgehead atoms. The molecule has 0 amide bonds. The van der Waals surface area contributed by atoms with Gasteiger partial charge in [0.15, 0.2) is 0 Å². The molecule has 9 heavy (non-hydrogen) atoms. The second-order valence-corrected chi connectivity index (χ2v) is 3.98. The van der Waals surface area contributed by atoms with E-state index in [9.17, 15) is 0 Å². The zero-order chi connectivity index (χ0) is 6.53. The molecule has 2 heteroatoms. The monoisotopic (exact) mass is 145 g/mol. The van der Waals surface area contributed by atoms with E-state index in [0.717, 1.165) is 5.25 Å². The topological polar surface area (TPSA) is 12.0 Å². The van der Waals surface area contributed by atoms with Crippen molar-refractivity contribution in [3.05, 3.63) is 0 Å². The molecule has 0 atom stereocenters. The molecule has 0 saturated carbocycles. The summed E-state index contributed by atoms with van der Waals surface area (Å²) in [7, 11) is 0. The average Bonchev–Trinajstić information content (AvgIpc) is 1.91. The Kier molecular flexibility index (Phi) is 3.44. The summed E-state index contributed by atoms with van der Waals surface area (Å²) in [6, 6.07) is 0. The smallest absolute Gasteiger partial charge is 0.00710 e. The lowest BCUT2D eigenvalue weighted by Crippen LogP contribution is -2.29. The minimum Gasteiger partial charge on any atom is -0.317 e. The molecule has 1 aliphatic heterocycles. The standard InChI is InChI=1S/C7H15NS/c1-2-9-7-3-5-8-6-4-7/h7-8H,2-6H2,1H3. The van der Waals surface area contributed by atoms with Crippen molar-refractivity contribution in [2.75, 3.05) is 18.8 Å². The Bertz CT molecular complexity index is 66.6. The van der Waals surface area contributed by atoms with Crippen molar-refractivity contribution in [3.8, 4) is 0 Å². The highest BCUT2D eigenvalue weighted by molar-refractivity contribution is 7.99. The van der Waals surface area contributed by atoms with Crippen LogP contribution >= 0.6 is 11.8 Å². The number of thioether (sulfide) groups is 1. The van der Waals surface area contributed by atoms with Gasteiger partial charge in [0, 0.05) is 5.25 Å². The summed E-state index contributed by atoms with van der Waals surface area (Å²) in [5.74, 6) is 1.28. The van der Waals surface area contributed by atoms with E-state index in [1.54, 1.807) is 0 Å². The van der Waals surface area contributed by atoms with E-state index in [-0.39, 0.29) is 0 Å². The highest BCUT2D eigenvalue weighted by atomic mass is 32.2. The second kappa shape index (κ2) is 4.18. The zero-order valence-corrected chi connectivity index (χ0v) is 6.84. The van der Waals surface area contributed by atoms with Gasteiger partial charge in [-0.15, -0.1) is 0 Å². The van der Waals surface area contributed by atoms with Crippen molar-refractivity contribution >= 4 is 11.8 Å². The third-order valence-corrected chi connectivity index (χ3v) is 2.96. The van der Waals surface area contributed by atoms with E-state index in [1.807, 2.05) is 0 Å². The van der Waals surface area contributed by atoms with Crippen LogP contribution in [0.25, 0.3) is 0 Å². The van der Waals surface area contributed by atoms with Crippen LogP contribution in [0.1, 0.15) is 19.8 Å². The molecular weight excluding hydrogens is 130 g/mol. The summed E-state index contributed by atoms with van der Waals surface area (Å²) in [6.45, 7) is 4.71. The highest BCUT2D eigenvalue weighted by Gasteiger charge is 2.10. The molecule has 1 heterocycles. The van der Waals surface area contributed by atoms with Crippen LogP contribution in [0.2, 0.25) is 0 Å². The van der Waals surface area contributed by atoms with E-state index in [1.165, 1.54) is 31.7 Å². The molecule has 1 fully saturated rings. The lowest BCUT2D eigenvalue weighted by Gasteiger charge is -2.21. The maximum Gasteiger partial charge on any atom is 0.00710 e. The number of rotatable bonds is 2. The Balaban J connectivity index is 2.08. The van der Waals surface area contributed by atoms with Gasteiger partial charge in [-0.2, -0.15) is 11.8 Å². The molecule has 0 aromatic rings. The molecule has 0 aromatic carbocycles. The first-order chi connectivity index (χ1) is 4.43. The zero-order valence-electron chi connectivity index (χ0n) is 6.02. The minimum absolute atomic E-state index is 0.955. The van der Waals surface area contributed by atoms with Crippen molar-refractivity contribution in [2.45, 2.75) is 25.0 Å². The number of nitrogens with one attached hydrogen (secondary N) is 1. The largest absolute Gasteiger partial charge is 0.317 e. The van der Waals surface area contributed by atoms with Gasteiger partial charge in [-0.05, 0) is 31.7 Å². The predicted molar refractivity (Wildman–Crippen MR) is 44.0 cm³/mol. The predicted octanol–water partition coefficient (Wildman–Crippen LogP) is 1.49. The van der Waals surface area contributed by atoms with Gasteiger partial charge in [-0.25, -0.2) is 0 Å². The fourth-order valence-electron chi connectivity index (χ4n) is 1.20. The van der Waals surface area contributed by atoms with Crippen LogP contribution in [0.5, 0.6) is 0 Å². The SMILES string of the molecule is CCSC1CCNCC1. The summed E-state index contributed by atoms with van der Waals surface area (Å²) in [5, 5.41) is 4.31. The van der Waals surface area contributed by atoms with E-state index in [4.69, 9.17) is 0 Å². The van der Waals surface area contributed by atoms with Crippen molar-refractivity contribution in [2.24, 2.45) is 0 Å². The summed E-state index contributed by atoms with van der Waals surface area (Å²) >= 11 is 2.11. The molecule has 0 aromatic heterocycles. The van der Waals surface area contributed by atoms with Gasteiger partial charge >= 0.3 is 0 Å². The van der Waals surface area contributed by atoms with Crippen LogP contribution in [0, 0.1) is 0 Å². The van der Waals surface area contributed by atoms with Crippen LogP contribution in [-0.4, -0.2) is 24.1 Å². The van der Waals surface area contributed by atoms with Crippen LogP contribution in [0.4, 0.5) is 0 Å². The number of hydrogen-bond donors (Lipinski definition) is 1. The maximum atomic E-state index is 3.36. The lowest BCUT2D eigenvalue weighted by atomic mass is 10.2. The molecular formula is C7H15NS. The Labute approximate surface area is 61.6 Å². The Morgan fingerprint density at radius 3 is 2.67 bits per heavy atom. The fraction of sp³-hybridized carbons (Fsp3) is 1.00. The minimum atomic E-state index is 0.955. The van der Waals surface area contributed by atoms with Gasteiger partial charge in [0.2, 0.25) is 0 Å². The third-order valence-electron chi connectivity index (χ3n) is 1.69. The normalized spacial score (nSPS) is 22.3. The van der Waals surface area contributed by atoms with E-state index in [0.29, 0.717) is 0 Å². The molecule has 1 N–H and O–H groups in total.